The molecule has 0 spiro atoms. The number of carbonyl (C=O) groups excluding carboxylic acids is 2. The van der Waals surface area contributed by atoms with Crippen molar-refractivity contribution in [3.63, 3.8) is 0 Å². The summed E-state index contributed by atoms with van der Waals surface area (Å²) in [4.78, 5) is 30.9. The molecule has 2 aliphatic heterocycles. The maximum absolute atomic E-state index is 12.3. The number of anilines is 1. The fourth-order valence-corrected chi connectivity index (χ4v) is 3.92. The zero-order chi connectivity index (χ0) is 18.8. The molecule has 0 aromatic carbocycles. The number of carbonyl (C=O) groups is 2. The van der Waals surface area contributed by atoms with Gasteiger partial charge in [-0.05, 0) is 53.6 Å². The van der Waals surface area contributed by atoms with Crippen LogP contribution in [0.4, 0.5) is 5.82 Å². The van der Waals surface area contributed by atoms with Gasteiger partial charge in [-0.2, -0.15) is 0 Å². The standard InChI is InChI=1S/C20H21N3O3S/c1-13-6-17(27-12-13)11-26-16-9-23(10-16)19(25)5-2-14-7-15-3-4-18(24)22-20(15)21-8-14/h2,5-8,12,16H,3-4,9-11H2,1H3,(H,21,22,24)/b5-2+. The van der Waals surface area contributed by atoms with E-state index >= 15 is 0 Å². The Hall–Kier alpha value is -2.51. The van der Waals surface area contributed by atoms with Crippen molar-refractivity contribution >= 4 is 35.0 Å². The highest BCUT2D eigenvalue weighted by molar-refractivity contribution is 7.10. The second kappa shape index (κ2) is 7.62. The molecule has 0 radical (unpaired) electrons. The number of thiophene rings is 1. The van der Waals surface area contributed by atoms with E-state index in [1.165, 1.54) is 10.4 Å². The van der Waals surface area contributed by atoms with Crippen LogP contribution in [0.2, 0.25) is 0 Å². The van der Waals surface area contributed by atoms with Crippen LogP contribution >= 0.6 is 11.3 Å². The Kier molecular flexibility index (Phi) is 5.05. The summed E-state index contributed by atoms with van der Waals surface area (Å²) in [5, 5.41) is 4.87. The van der Waals surface area contributed by atoms with Gasteiger partial charge >= 0.3 is 0 Å². The SMILES string of the molecule is Cc1csc(COC2CN(C(=O)/C=C/c3cnc4c(c3)CCC(=O)N4)C2)c1. The van der Waals surface area contributed by atoms with Gasteiger partial charge in [-0.15, -0.1) is 11.3 Å². The zero-order valence-corrected chi connectivity index (χ0v) is 15.9. The number of fused-ring (bicyclic) bond motifs is 1. The minimum atomic E-state index is -0.0205. The number of amides is 2. The van der Waals surface area contributed by atoms with Gasteiger partial charge in [0.2, 0.25) is 11.8 Å². The highest BCUT2D eigenvalue weighted by Gasteiger charge is 2.30. The maximum Gasteiger partial charge on any atom is 0.246 e. The lowest BCUT2D eigenvalue weighted by atomic mass is 10.0. The Bertz CT molecular complexity index is 900. The second-order valence-electron chi connectivity index (χ2n) is 6.92. The average Bonchev–Trinajstić information content (AvgIpc) is 3.03. The Labute approximate surface area is 161 Å². The minimum Gasteiger partial charge on any atom is -0.369 e. The molecule has 4 heterocycles. The fraction of sp³-hybridized carbons (Fsp3) is 0.350. The first-order chi connectivity index (χ1) is 13.1. The van der Waals surface area contributed by atoms with Crippen LogP contribution in [0.15, 0.2) is 29.8 Å². The van der Waals surface area contributed by atoms with Crippen molar-refractivity contribution in [2.45, 2.75) is 32.5 Å². The van der Waals surface area contributed by atoms with Crippen molar-refractivity contribution in [2.24, 2.45) is 0 Å². The number of hydrogen-bond acceptors (Lipinski definition) is 5. The molecular formula is C20H21N3O3S. The number of pyridine rings is 1. The number of ether oxygens (including phenoxy) is 1. The van der Waals surface area contributed by atoms with E-state index < -0.39 is 0 Å². The molecule has 0 bridgehead atoms. The average molecular weight is 383 g/mol. The molecule has 6 nitrogen and oxygen atoms in total. The third-order valence-corrected chi connectivity index (χ3v) is 5.72. The van der Waals surface area contributed by atoms with Gasteiger partial charge in [0.15, 0.2) is 0 Å². The molecule has 7 heteroatoms. The third kappa shape index (κ3) is 4.26. The molecule has 2 aromatic rings. The summed E-state index contributed by atoms with van der Waals surface area (Å²) in [5.74, 6) is 0.600. The van der Waals surface area contributed by atoms with E-state index in [-0.39, 0.29) is 17.9 Å². The number of hydrogen-bond donors (Lipinski definition) is 1. The lowest BCUT2D eigenvalue weighted by molar-refractivity contribution is -0.140. The molecule has 1 N–H and O–H groups in total. The van der Waals surface area contributed by atoms with E-state index in [1.54, 1.807) is 34.6 Å². The predicted molar refractivity (Wildman–Crippen MR) is 104 cm³/mol. The van der Waals surface area contributed by atoms with Crippen LogP contribution in [0.3, 0.4) is 0 Å². The molecule has 2 amide bonds. The number of aryl methyl sites for hydroxylation is 2. The molecule has 140 valence electrons. The molecule has 2 aliphatic rings. The maximum atomic E-state index is 12.3. The predicted octanol–water partition coefficient (Wildman–Crippen LogP) is 2.78. The molecule has 4 rings (SSSR count). The van der Waals surface area contributed by atoms with Crippen LogP contribution in [0.1, 0.15) is 28.0 Å². The summed E-state index contributed by atoms with van der Waals surface area (Å²) in [7, 11) is 0. The topological polar surface area (TPSA) is 71.5 Å². The molecule has 2 aromatic heterocycles. The number of nitrogens with one attached hydrogen (secondary N) is 1. The van der Waals surface area contributed by atoms with Crippen LogP contribution in [0.25, 0.3) is 6.08 Å². The first kappa shape index (κ1) is 17.9. The molecule has 0 aliphatic carbocycles. The van der Waals surface area contributed by atoms with Gasteiger partial charge < -0.3 is 15.0 Å². The Morgan fingerprint density at radius 1 is 1.41 bits per heavy atom. The van der Waals surface area contributed by atoms with Crippen molar-refractivity contribution < 1.29 is 14.3 Å². The highest BCUT2D eigenvalue weighted by atomic mass is 32.1. The monoisotopic (exact) mass is 383 g/mol. The second-order valence-corrected chi connectivity index (χ2v) is 7.92. The number of likely N-dealkylation sites (tertiary alicyclic amines) is 1. The fourth-order valence-electron chi connectivity index (χ4n) is 3.13. The van der Waals surface area contributed by atoms with Crippen molar-refractivity contribution in [3.8, 4) is 0 Å². The lowest BCUT2D eigenvalue weighted by Crippen LogP contribution is -2.54. The molecule has 1 saturated heterocycles. The van der Waals surface area contributed by atoms with Gasteiger partial charge in [-0.3, -0.25) is 9.59 Å². The molecule has 0 unspecified atom stereocenters. The third-order valence-electron chi connectivity index (χ3n) is 4.69. The van der Waals surface area contributed by atoms with E-state index in [0.717, 1.165) is 11.1 Å². The van der Waals surface area contributed by atoms with Gasteiger partial charge in [0, 0.05) is 36.7 Å². The van der Waals surface area contributed by atoms with Crippen molar-refractivity contribution in [1.29, 1.82) is 0 Å². The van der Waals surface area contributed by atoms with E-state index in [2.05, 4.69) is 28.7 Å². The van der Waals surface area contributed by atoms with Gasteiger partial charge in [-0.1, -0.05) is 0 Å². The lowest BCUT2D eigenvalue weighted by Gasteiger charge is -2.38. The summed E-state index contributed by atoms with van der Waals surface area (Å²) in [6.45, 7) is 3.94. The Balaban J connectivity index is 1.26. The van der Waals surface area contributed by atoms with Crippen molar-refractivity contribution in [1.82, 2.24) is 9.88 Å². The van der Waals surface area contributed by atoms with E-state index in [1.807, 2.05) is 6.07 Å². The number of rotatable bonds is 5. The smallest absolute Gasteiger partial charge is 0.246 e. The molecular weight excluding hydrogens is 362 g/mol. The Morgan fingerprint density at radius 3 is 3.04 bits per heavy atom. The summed E-state index contributed by atoms with van der Waals surface area (Å²) in [5.41, 5.74) is 3.12. The molecule has 0 atom stereocenters. The molecule has 27 heavy (non-hydrogen) atoms. The highest BCUT2D eigenvalue weighted by Crippen LogP contribution is 2.22. The van der Waals surface area contributed by atoms with E-state index in [0.29, 0.717) is 38.4 Å². The largest absolute Gasteiger partial charge is 0.369 e. The van der Waals surface area contributed by atoms with Crippen LogP contribution in [-0.4, -0.2) is 40.9 Å². The van der Waals surface area contributed by atoms with Gasteiger partial charge in [0.1, 0.15) is 5.82 Å². The Morgan fingerprint density at radius 2 is 2.26 bits per heavy atom. The van der Waals surface area contributed by atoms with Gasteiger partial charge in [-0.25, -0.2) is 4.98 Å². The van der Waals surface area contributed by atoms with Gasteiger partial charge in [0.05, 0.1) is 12.7 Å². The summed E-state index contributed by atoms with van der Waals surface area (Å²) in [6.07, 6.45) is 6.27. The van der Waals surface area contributed by atoms with Crippen LogP contribution in [-0.2, 0) is 27.4 Å². The molecule has 0 saturated carbocycles. The van der Waals surface area contributed by atoms with Gasteiger partial charge in [0.25, 0.3) is 0 Å². The van der Waals surface area contributed by atoms with Crippen LogP contribution < -0.4 is 5.32 Å². The van der Waals surface area contributed by atoms with E-state index in [4.69, 9.17) is 4.74 Å². The summed E-state index contributed by atoms with van der Waals surface area (Å²) in [6, 6.07) is 4.10. The first-order valence-electron chi connectivity index (χ1n) is 8.98. The summed E-state index contributed by atoms with van der Waals surface area (Å²) >= 11 is 1.70. The zero-order valence-electron chi connectivity index (χ0n) is 15.1. The van der Waals surface area contributed by atoms with Crippen LogP contribution in [0, 0.1) is 6.92 Å². The molecule has 1 fully saturated rings. The van der Waals surface area contributed by atoms with Crippen LogP contribution in [0.5, 0.6) is 0 Å². The number of aromatic nitrogens is 1. The summed E-state index contributed by atoms with van der Waals surface area (Å²) < 4.78 is 5.84. The normalized spacial score (nSPS) is 16.9. The number of nitrogens with zero attached hydrogens (tertiary/aromatic N) is 2. The van der Waals surface area contributed by atoms with E-state index in [9.17, 15) is 9.59 Å². The quantitative estimate of drug-likeness (QED) is 0.806. The minimum absolute atomic E-state index is 0.00256. The van der Waals surface area contributed by atoms with Crippen molar-refractivity contribution in [3.05, 3.63) is 51.4 Å². The first-order valence-corrected chi connectivity index (χ1v) is 9.86. The van der Waals surface area contributed by atoms with Crippen molar-refractivity contribution in [2.75, 3.05) is 18.4 Å².